The van der Waals surface area contributed by atoms with Crippen LogP contribution in [0.2, 0.25) is 0 Å². The highest BCUT2D eigenvalue weighted by molar-refractivity contribution is 7.98. The second-order valence-electron chi connectivity index (χ2n) is 5.66. The summed E-state index contributed by atoms with van der Waals surface area (Å²) < 4.78 is 5.09. The Balaban J connectivity index is 2.00. The van der Waals surface area contributed by atoms with Crippen molar-refractivity contribution in [3.63, 3.8) is 0 Å². The molecule has 0 radical (unpaired) electrons. The van der Waals surface area contributed by atoms with E-state index in [1.54, 1.807) is 26.8 Å². The minimum atomic E-state index is -0.691. The minimum absolute atomic E-state index is 0.255. The van der Waals surface area contributed by atoms with Crippen LogP contribution in [0.25, 0.3) is 0 Å². The lowest BCUT2D eigenvalue weighted by atomic mass is 10.1. The Morgan fingerprint density at radius 2 is 2.00 bits per heavy atom. The Kier molecular flexibility index (Phi) is 6.27. The molecular formula is C18H22N2O4S. The summed E-state index contributed by atoms with van der Waals surface area (Å²) in [6.45, 7) is 4.76. The van der Waals surface area contributed by atoms with Gasteiger partial charge < -0.3 is 20.1 Å². The molecule has 0 bridgehead atoms. The number of aromatic nitrogens is 1. The van der Waals surface area contributed by atoms with E-state index in [9.17, 15) is 14.7 Å². The zero-order chi connectivity index (χ0) is 18.6. The molecule has 7 heteroatoms. The van der Waals surface area contributed by atoms with Crippen LogP contribution < -0.4 is 5.32 Å². The number of thioether (sulfide) groups is 1. The van der Waals surface area contributed by atoms with Crippen LogP contribution in [-0.4, -0.2) is 34.8 Å². The van der Waals surface area contributed by atoms with Crippen LogP contribution in [-0.2, 0) is 9.53 Å². The van der Waals surface area contributed by atoms with E-state index in [0.29, 0.717) is 22.5 Å². The van der Waals surface area contributed by atoms with Gasteiger partial charge in [0.1, 0.15) is 5.69 Å². The van der Waals surface area contributed by atoms with Gasteiger partial charge >= 0.3 is 5.97 Å². The number of aliphatic hydroxyl groups excluding tert-OH is 1. The van der Waals surface area contributed by atoms with Gasteiger partial charge in [-0.15, -0.1) is 11.8 Å². The van der Waals surface area contributed by atoms with Gasteiger partial charge in [-0.05, 0) is 44.7 Å². The highest BCUT2D eigenvalue weighted by atomic mass is 32.2. The number of nitrogens with one attached hydrogen (secondary N) is 2. The number of esters is 1. The van der Waals surface area contributed by atoms with Gasteiger partial charge in [-0.2, -0.15) is 0 Å². The SMILES string of the molecule is CSc1ccccc1NC(=O)COC(=O)c1[nH]c(C)c([C@@H](C)O)c1C. The molecule has 2 aromatic rings. The van der Waals surface area contributed by atoms with Crippen LogP contribution >= 0.6 is 11.8 Å². The number of H-pyrrole nitrogens is 1. The fourth-order valence-corrected chi connectivity index (χ4v) is 3.29. The van der Waals surface area contributed by atoms with Crippen molar-refractivity contribution in [1.29, 1.82) is 0 Å². The molecule has 0 saturated heterocycles. The zero-order valence-electron chi connectivity index (χ0n) is 14.7. The summed E-state index contributed by atoms with van der Waals surface area (Å²) in [5.74, 6) is -1.03. The predicted octanol–water partition coefficient (Wildman–Crippen LogP) is 3.20. The Labute approximate surface area is 151 Å². The number of aromatic amines is 1. The number of carbonyl (C=O) groups excluding carboxylic acids is 2. The molecule has 0 fully saturated rings. The number of para-hydroxylation sites is 1. The molecular weight excluding hydrogens is 340 g/mol. The van der Waals surface area contributed by atoms with Crippen molar-refractivity contribution in [3.8, 4) is 0 Å². The highest BCUT2D eigenvalue weighted by Crippen LogP contribution is 2.25. The van der Waals surface area contributed by atoms with Crippen molar-refractivity contribution >= 4 is 29.3 Å². The average Bonchev–Trinajstić information content (AvgIpc) is 2.87. The lowest BCUT2D eigenvalue weighted by Gasteiger charge is -2.09. The highest BCUT2D eigenvalue weighted by Gasteiger charge is 2.21. The number of carbonyl (C=O) groups is 2. The molecule has 1 heterocycles. The first-order valence-electron chi connectivity index (χ1n) is 7.82. The van der Waals surface area contributed by atoms with E-state index in [1.807, 2.05) is 24.5 Å². The van der Waals surface area contributed by atoms with Crippen LogP contribution in [0.5, 0.6) is 0 Å². The van der Waals surface area contributed by atoms with Crippen LogP contribution in [0.4, 0.5) is 5.69 Å². The first-order chi connectivity index (χ1) is 11.8. The summed E-state index contributed by atoms with van der Waals surface area (Å²) in [6, 6.07) is 7.40. The van der Waals surface area contributed by atoms with E-state index in [1.165, 1.54) is 11.8 Å². The molecule has 1 aromatic carbocycles. The zero-order valence-corrected chi connectivity index (χ0v) is 15.5. The first kappa shape index (κ1) is 19.1. The van der Waals surface area contributed by atoms with Crippen molar-refractivity contribution in [2.24, 2.45) is 0 Å². The van der Waals surface area contributed by atoms with Gasteiger partial charge in [0, 0.05) is 16.2 Å². The second kappa shape index (κ2) is 8.22. The van der Waals surface area contributed by atoms with E-state index in [4.69, 9.17) is 4.74 Å². The first-order valence-corrected chi connectivity index (χ1v) is 9.04. The molecule has 25 heavy (non-hydrogen) atoms. The summed E-state index contributed by atoms with van der Waals surface area (Å²) in [4.78, 5) is 28.1. The molecule has 134 valence electrons. The minimum Gasteiger partial charge on any atom is -0.451 e. The molecule has 1 amide bonds. The third-order valence-corrected chi connectivity index (χ3v) is 4.63. The number of anilines is 1. The number of rotatable bonds is 6. The number of hydrogen-bond acceptors (Lipinski definition) is 5. The summed E-state index contributed by atoms with van der Waals surface area (Å²) in [6.07, 6.45) is 1.23. The van der Waals surface area contributed by atoms with Gasteiger partial charge in [0.2, 0.25) is 0 Å². The van der Waals surface area contributed by atoms with Gasteiger partial charge in [-0.3, -0.25) is 4.79 Å². The summed E-state index contributed by atoms with van der Waals surface area (Å²) >= 11 is 1.52. The monoisotopic (exact) mass is 362 g/mol. The van der Waals surface area contributed by atoms with Crippen LogP contribution in [0.3, 0.4) is 0 Å². The lowest BCUT2D eigenvalue weighted by Crippen LogP contribution is -2.21. The van der Waals surface area contributed by atoms with Gasteiger partial charge in [0.05, 0.1) is 11.8 Å². The van der Waals surface area contributed by atoms with Gasteiger partial charge in [0.25, 0.3) is 5.91 Å². The Morgan fingerprint density at radius 3 is 2.60 bits per heavy atom. The van der Waals surface area contributed by atoms with Crippen molar-refractivity contribution in [2.45, 2.75) is 31.8 Å². The molecule has 0 aliphatic rings. The van der Waals surface area contributed by atoms with Crippen molar-refractivity contribution < 1.29 is 19.4 Å². The normalized spacial score (nSPS) is 11.9. The Hall–Kier alpha value is -2.25. The molecule has 2 rings (SSSR count). The number of aryl methyl sites for hydroxylation is 1. The van der Waals surface area contributed by atoms with Gasteiger partial charge in [-0.1, -0.05) is 12.1 Å². The predicted molar refractivity (Wildman–Crippen MR) is 98.0 cm³/mol. The fraction of sp³-hybridized carbons (Fsp3) is 0.333. The molecule has 1 atom stereocenters. The van der Waals surface area contributed by atoms with E-state index in [0.717, 1.165) is 4.90 Å². The third-order valence-electron chi connectivity index (χ3n) is 3.83. The van der Waals surface area contributed by atoms with Crippen molar-refractivity contribution in [1.82, 2.24) is 4.98 Å². The largest absolute Gasteiger partial charge is 0.451 e. The molecule has 0 spiro atoms. The maximum absolute atomic E-state index is 12.2. The summed E-state index contributed by atoms with van der Waals surface area (Å²) in [5, 5.41) is 12.5. The van der Waals surface area contributed by atoms with Crippen LogP contribution in [0.15, 0.2) is 29.2 Å². The van der Waals surface area contributed by atoms with Crippen LogP contribution in [0.1, 0.15) is 40.3 Å². The molecule has 0 aliphatic carbocycles. The molecule has 6 nitrogen and oxygen atoms in total. The van der Waals surface area contributed by atoms with Crippen LogP contribution in [0, 0.1) is 13.8 Å². The Bertz CT molecular complexity index is 783. The van der Waals surface area contributed by atoms with E-state index in [-0.39, 0.29) is 12.3 Å². The average molecular weight is 362 g/mol. The molecule has 1 aromatic heterocycles. The fourth-order valence-electron chi connectivity index (χ4n) is 2.73. The summed E-state index contributed by atoms with van der Waals surface area (Å²) in [5.41, 5.74) is 2.94. The van der Waals surface area contributed by atoms with E-state index >= 15 is 0 Å². The smallest absolute Gasteiger partial charge is 0.355 e. The number of aliphatic hydroxyl groups is 1. The Morgan fingerprint density at radius 1 is 1.32 bits per heavy atom. The number of ether oxygens (including phenoxy) is 1. The molecule has 3 N–H and O–H groups in total. The number of amides is 1. The van der Waals surface area contributed by atoms with E-state index in [2.05, 4.69) is 10.3 Å². The maximum atomic E-state index is 12.2. The van der Waals surface area contributed by atoms with Gasteiger partial charge in [0.15, 0.2) is 6.61 Å². The van der Waals surface area contributed by atoms with Crippen molar-refractivity contribution in [3.05, 3.63) is 46.8 Å². The molecule has 0 saturated carbocycles. The molecule has 0 aliphatic heterocycles. The standard InChI is InChI=1S/C18H22N2O4S/c1-10-16(12(3)21)11(2)19-17(10)18(23)24-9-15(22)20-13-7-5-6-8-14(13)25-4/h5-8,12,19,21H,9H2,1-4H3,(H,20,22)/t12-/m1/s1. The van der Waals surface area contributed by atoms with Crippen molar-refractivity contribution in [2.75, 3.05) is 18.2 Å². The van der Waals surface area contributed by atoms with E-state index < -0.39 is 18.0 Å². The quantitative estimate of drug-likeness (QED) is 0.542. The summed E-state index contributed by atoms with van der Waals surface area (Å²) in [7, 11) is 0. The second-order valence-corrected chi connectivity index (χ2v) is 6.51. The third kappa shape index (κ3) is 4.43. The number of hydrogen-bond donors (Lipinski definition) is 3. The van der Waals surface area contributed by atoms with Gasteiger partial charge in [-0.25, -0.2) is 4.79 Å². The number of benzene rings is 1. The maximum Gasteiger partial charge on any atom is 0.355 e. The lowest BCUT2D eigenvalue weighted by molar-refractivity contribution is -0.119. The molecule has 0 unspecified atom stereocenters. The topological polar surface area (TPSA) is 91.4 Å².